The Morgan fingerprint density at radius 2 is 2.05 bits per heavy atom. The molecule has 0 saturated carbocycles. The van der Waals surface area contributed by atoms with Crippen LogP contribution >= 0.6 is 11.3 Å². The molecule has 0 amide bonds. The number of benzene rings is 2. The molecule has 4 heteroatoms. The lowest BCUT2D eigenvalue weighted by Crippen LogP contribution is -1.94. The second-order valence-corrected chi connectivity index (χ2v) is 5.71. The summed E-state index contributed by atoms with van der Waals surface area (Å²) in [6.07, 6.45) is 1.93. The fourth-order valence-corrected chi connectivity index (χ4v) is 3.13. The quantitative estimate of drug-likeness (QED) is 0.605. The fourth-order valence-electron chi connectivity index (χ4n) is 2.25. The van der Waals surface area contributed by atoms with E-state index in [1.807, 2.05) is 48.7 Å². The zero-order valence-corrected chi connectivity index (χ0v) is 11.5. The number of nitrogens with zero attached hydrogens (tertiary/aromatic N) is 1. The van der Waals surface area contributed by atoms with Crippen molar-refractivity contribution in [2.45, 2.75) is 6.61 Å². The van der Waals surface area contributed by atoms with Crippen LogP contribution in [0.5, 0.6) is 5.75 Å². The minimum absolute atomic E-state index is 0.509. The molecule has 2 heterocycles. The van der Waals surface area contributed by atoms with E-state index in [1.54, 1.807) is 11.3 Å². The molecular formula is C16H12N2OS. The number of fused-ring (bicyclic) bond motifs is 2. The highest BCUT2D eigenvalue weighted by Crippen LogP contribution is 2.24. The highest BCUT2D eigenvalue weighted by Gasteiger charge is 2.04. The maximum absolute atomic E-state index is 5.83. The second kappa shape index (κ2) is 4.65. The monoisotopic (exact) mass is 280 g/mol. The van der Waals surface area contributed by atoms with Crippen LogP contribution in [0.15, 0.2) is 54.7 Å². The van der Waals surface area contributed by atoms with Crippen LogP contribution in [0.25, 0.3) is 21.1 Å². The van der Waals surface area contributed by atoms with E-state index < -0.39 is 0 Å². The Morgan fingerprint density at radius 1 is 1.10 bits per heavy atom. The van der Waals surface area contributed by atoms with Gasteiger partial charge < -0.3 is 9.72 Å². The summed E-state index contributed by atoms with van der Waals surface area (Å²) in [6, 6.07) is 16.2. The molecule has 98 valence electrons. The topological polar surface area (TPSA) is 37.9 Å². The molecule has 0 aliphatic carbocycles. The molecule has 2 aromatic heterocycles. The molecule has 2 aromatic carbocycles. The lowest BCUT2D eigenvalue weighted by atomic mass is 10.2. The van der Waals surface area contributed by atoms with Gasteiger partial charge in [-0.1, -0.05) is 12.1 Å². The Bertz CT molecular complexity index is 843. The number of hydrogen-bond donors (Lipinski definition) is 1. The van der Waals surface area contributed by atoms with Gasteiger partial charge in [-0.3, -0.25) is 0 Å². The van der Waals surface area contributed by atoms with Crippen LogP contribution in [0.1, 0.15) is 5.01 Å². The zero-order chi connectivity index (χ0) is 13.4. The number of ether oxygens (including phenoxy) is 1. The first-order valence-electron chi connectivity index (χ1n) is 6.43. The Balaban J connectivity index is 1.56. The number of nitrogens with one attached hydrogen (secondary N) is 1. The number of hydrogen-bond acceptors (Lipinski definition) is 3. The molecule has 0 spiro atoms. The van der Waals surface area contributed by atoms with Crippen LogP contribution in [0.4, 0.5) is 0 Å². The number of rotatable bonds is 3. The van der Waals surface area contributed by atoms with Gasteiger partial charge in [0.2, 0.25) is 0 Å². The molecule has 0 fully saturated rings. The van der Waals surface area contributed by atoms with Gasteiger partial charge in [0.05, 0.1) is 10.2 Å². The number of H-pyrrole nitrogens is 1. The van der Waals surface area contributed by atoms with Crippen molar-refractivity contribution < 1.29 is 4.74 Å². The molecule has 1 N–H and O–H groups in total. The summed E-state index contributed by atoms with van der Waals surface area (Å²) in [6.45, 7) is 0.509. The summed E-state index contributed by atoms with van der Waals surface area (Å²) in [5.74, 6) is 0.872. The van der Waals surface area contributed by atoms with Gasteiger partial charge in [0.15, 0.2) is 0 Å². The highest BCUT2D eigenvalue weighted by atomic mass is 32.1. The van der Waals surface area contributed by atoms with Gasteiger partial charge in [-0.25, -0.2) is 4.98 Å². The first kappa shape index (κ1) is 11.5. The van der Waals surface area contributed by atoms with Gasteiger partial charge in [-0.2, -0.15) is 0 Å². The molecule has 4 aromatic rings. The highest BCUT2D eigenvalue weighted by molar-refractivity contribution is 7.18. The molecule has 20 heavy (non-hydrogen) atoms. The summed E-state index contributed by atoms with van der Waals surface area (Å²) in [7, 11) is 0. The molecule has 3 nitrogen and oxygen atoms in total. The molecule has 0 radical (unpaired) electrons. The van der Waals surface area contributed by atoms with Crippen molar-refractivity contribution in [1.29, 1.82) is 0 Å². The van der Waals surface area contributed by atoms with Crippen LogP contribution in [0, 0.1) is 0 Å². The fraction of sp³-hybridized carbons (Fsp3) is 0.0625. The van der Waals surface area contributed by atoms with E-state index in [0.29, 0.717) is 6.61 Å². The summed E-state index contributed by atoms with van der Waals surface area (Å²) in [4.78, 5) is 7.74. The zero-order valence-electron chi connectivity index (χ0n) is 10.7. The van der Waals surface area contributed by atoms with E-state index in [2.05, 4.69) is 16.0 Å². The Morgan fingerprint density at radius 3 is 3.00 bits per heavy atom. The normalized spacial score (nSPS) is 11.2. The molecule has 0 bridgehead atoms. The summed E-state index contributed by atoms with van der Waals surface area (Å²) < 4.78 is 7.03. The standard InChI is InChI=1S/C16H12N2OS/c1-2-4-15-14(3-1)18-16(20-15)10-19-12-5-6-13-11(9-12)7-8-17-13/h1-9,17H,10H2. The Labute approximate surface area is 119 Å². The smallest absolute Gasteiger partial charge is 0.140 e. The van der Waals surface area contributed by atoms with Crippen molar-refractivity contribution in [2.75, 3.05) is 0 Å². The first-order chi connectivity index (χ1) is 9.88. The minimum Gasteiger partial charge on any atom is -0.486 e. The van der Waals surface area contributed by atoms with E-state index >= 15 is 0 Å². The molecule has 4 rings (SSSR count). The average molecular weight is 280 g/mol. The van der Waals surface area contributed by atoms with Crippen LogP contribution < -0.4 is 4.74 Å². The largest absolute Gasteiger partial charge is 0.486 e. The molecule has 0 saturated heterocycles. The predicted molar refractivity (Wildman–Crippen MR) is 82.3 cm³/mol. The number of aromatic amines is 1. The third-order valence-electron chi connectivity index (χ3n) is 3.23. The van der Waals surface area contributed by atoms with Crippen molar-refractivity contribution in [2.24, 2.45) is 0 Å². The SMILES string of the molecule is c1ccc2sc(COc3ccc4[nH]ccc4c3)nc2c1. The van der Waals surface area contributed by atoms with Gasteiger partial charge >= 0.3 is 0 Å². The van der Waals surface area contributed by atoms with E-state index in [0.717, 1.165) is 27.2 Å². The molecular weight excluding hydrogens is 268 g/mol. The maximum Gasteiger partial charge on any atom is 0.140 e. The van der Waals surface area contributed by atoms with Crippen molar-refractivity contribution >= 4 is 32.5 Å². The molecule has 0 unspecified atom stereocenters. The predicted octanol–water partition coefficient (Wildman–Crippen LogP) is 4.36. The van der Waals surface area contributed by atoms with E-state index in [1.165, 1.54) is 4.70 Å². The van der Waals surface area contributed by atoms with E-state index in [9.17, 15) is 0 Å². The van der Waals surface area contributed by atoms with Crippen LogP contribution in [-0.4, -0.2) is 9.97 Å². The lowest BCUT2D eigenvalue weighted by Gasteiger charge is -2.03. The first-order valence-corrected chi connectivity index (χ1v) is 7.24. The van der Waals surface area contributed by atoms with Crippen LogP contribution in [0.2, 0.25) is 0 Å². The van der Waals surface area contributed by atoms with E-state index in [4.69, 9.17) is 4.74 Å². The van der Waals surface area contributed by atoms with Gasteiger partial charge in [0, 0.05) is 17.1 Å². The van der Waals surface area contributed by atoms with Crippen molar-refractivity contribution in [3.63, 3.8) is 0 Å². The maximum atomic E-state index is 5.83. The lowest BCUT2D eigenvalue weighted by molar-refractivity contribution is 0.306. The Hall–Kier alpha value is -2.33. The van der Waals surface area contributed by atoms with Gasteiger partial charge in [0.25, 0.3) is 0 Å². The summed E-state index contributed by atoms with van der Waals surface area (Å²) in [5, 5.41) is 2.16. The number of thiazole rings is 1. The third kappa shape index (κ3) is 2.04. The third-order valence-corrected chi connectivity index (χ3v) is 4.24. The van der Waals surface area contributed by atoms with E-state index in [-0.39, 0.29) is 0 Å². The number of para-hydroxylation sites is 1. The molecule has 0 aliphatic rings. The van der Waals surface area contributed by atoms with Crippen molar-refractivity contribution in [1.82, 2.24) is 9.97 Å². The summed E-state index contributed by atoms with van der Waals surface area (Å²) >= 11 is 1.68. The van der Waals surface area contributed by atoms with Crippen molar-refractivity contribution in [3.05, 3.63) is 59.7 Å². The minimum atomic E-state index is 0.509. The van der Waals surface area contributed by atoms with Gasteiger partial charge in [0.1, 0.15) is 17.4 Å². The molecule has 0 atom stereocenters. The summed E-state index contributed by atoms with van der Waals surface area (Å²) in [5.41, 5.74) is 2.16. The number of aromatic nitrogens is 2. The Kier molecular flexibility index (Phi) is 2.67. The van der Waals surface area contributed by atoms with Crippen molar-refractivity contribution in [3.8, 4) is 5.75 Å². The molecule has 0 aliphatic heterocycles. The van der Waals surface area contributed by atoms with Crippen LogP contribution in [-0.2, 0) is 6.61 Å². The van der Waals surface area contributed by atoms with Crippen LogP contribution in [0.3, 0.4) is 0 Å². The second-order valence-electron chi connectivity index (χ2n) is 4.59. The average Bonchev–Trinajstić information content (AvgIpc) is 3.10. The van der Waals surface area contributed by atoms with Gasteiger partial charge in [-0.15, -0.1) is 11.3 Å². The van der Waals surface area contributed by atoms with Gasteiger partial charge in [-0.05, 0) is 36.4 Å².